The first-order chi connectivity index (χ1) is 9.69. The molecule has 0 radical (unpaired) electrons. The molecule has 0 saturated heterocycles. The standard InChI is InChI=1S/C13H10ClN3O3/c14-10-3-1-9(2-4-10)13-16-11(20-17-13)5-6-12(18)19-8-7-15/h1-4H,5-6,8H2. The van der Waals surface area contributed by atoms with Crippen molar-refractivity contribution in [3.8, 4) is 17.5 Å². The fraction of sp³-hybridized carbons (Fsp3) is 0.231. The van der Waals surface area contributed by atoms with Crippen LogP contribution in [-0.2, 0) is 16.0 Å². The van der Waals surface area contributed by atoms with Crippen LogP contribution in [0.4, 0.5) is 0 Å². The Kier molecular flexibility index (Phi) is 4.69. The molecule has 6 nitrogen and oxygen atoms in total. The van der Waals surface area contributed by atoms with Gasteiger partial charge < -0.3 is 9.26 Å². The number of ether oxygens (including phenoxy) is 1. The molecule has 0 saturated carbocycles. The number of carbonyl (C=O) groups is 1. The zero-order valence-corrected chi connectivity index (χ0v) is 11.1. The largest absolute Gasteiger partial charge is 0.450 e. The molecule has 7 heteroatoms. The Hall–Kier alpha value is -2.39. The van der Waals surface area contributed by atoms with Gasteiger partial charge in [-0.3, -0.25) is 4.79 Å². The first-order valence-electron chi connectivity index (χ1n) is 5.80. The molecule has 0 aliphatic rings. The minimum Gasteiger partial charge on any atom is -0.450 e. The number of aryl methyl sites for hydroxylation is 1. The highest BCUT2D eigenvalue weighted by Gasteiger charge is 2.11. The Morgan fingerprint density at radius 1 is 1.40 bits per heavy atom. The predicted molar refractivity (Wildman–Crippen MR) is 69.6 cm³/mol. The number of carbonyl (C=O) groups excluding carboxylic acids is 1. The van der Waals surface area contributed by atoms with E-state index in [1.165, 1.54) is 0 Å². The Morgan fingerprint density at radius 3 is 2.85 bits per heavy atom. The molecule has 0 unspecified atom stereocenters. The Morgan fingerprint density at radius 2 is 2.15 bits per heavy atom. The van der Waals surface area contributed by atoms with Crippen molar-refractivity contribution in [2.24, 2.45) is 0 Å². The number of hydrogen-bond acceptors (Lipinski definition) is 6. The first-order valence-corrected chi connectivity index (χ1v) is 6.18. The van der Waals surface area contributed by atoms with Crippen LogP contribution in [0.2, 0.25) is 5.02 Å². The molecule has 1 aromatic heterocycles. The Balaban J connectivity index is 1.94. The molecule has 2 rings (SSSR count). The summed E-state index contributed by atoms with van der Waals surface area (Å²) in [4.78, 5) is 15.4. The number of benzene rings is 1. The number of nitrogens with zero attached hydrogens (tertiary/aromatic N) is 3. The highest BCUT2D eigenvalue weighted by molar-refractivity contribution is 6.30. The molecule has 0 bridgehead atoms. The lowest BCUT2D eigenvalue weighted by Gasteiger charge is -1.96. The molecule has 0 atom stereocenters. The summed E-state index contributed by atoms with van der Waals surface area (Å²) in [6.07, 6.45) is 0.356. The summed E-state index contributed by atoms with van der Waals surface area (Å²) in [7, 11) is 0. The van der Waals surface area contributed by atoms with Crippen LogP contribution in [0.3, 0.4) is 0 Å². The Bertz CT molecular complexity index is 631. The topological polar surface area (TPSA) is 89.0 Å². The van der Waals surface area contributed by atoms with Gasteiger partial charge in [0.15, 0.2) is 6.61 Å². The van der Waals surface area contributed by atoms with E-state index in [2.05, 4.69) is 14.9 Å². The van der Waals surface area contributed by atoms with Gasteiger partial charge in [0.25, 0.3) is 0 Å². The van der Waals surface area contributed by atoms with Gasteiger partial charge in [-0.25, -0.2) is 0 Å². The zero-order chi connectivity index (χ0) is 14.4. The van der Waals surface area contributed by atoms with Crippen molar-refractivity contribution >= 4 is 17.6 Å². The van der Waals surface area contributed by atoms with E-state index >= 15 is 0 Å². The van der Waals surface area contributed by atoms with Crippen molar-refractivity contribution in [1.29, 1.82) is 5.26 Å². The van der Waals surface area contributed by atoms with Crippen LogP contribution in [0.1, 0.15) is 12.3 Å². The monoisotopic (exact) mass is 291 g/mol. The van der Waals surface area contributed by atoms with E-state index in [-0.39, 0.29) is 19.4 Å². The normalized spacial score (nSPS) is 10.0. The zero-order valence-electron chi connectivity index (χ0n) is 10.4. The van der Waals surface area contributed by atoms with Crippen molar-refractivity contribution in [1.82, 2.24) is 10.1 Å². The maximum absolute atomic E-state index is 11.2. The van der Waals surface area contributed by atoms with E-state index in [0.717, 1.165) is 5.56 Å². The van der Waals surface area contributed by atoms with E-state index in [0.29, 0.717) is 16.7 Å². The summed E-state index contributed by atoms with van der Waals surface area (Å²) in [5.41, 5.74) is 0.774. The molecule has 20 heavy (non-hydrogen) atoms. The van der Waals surface area contributed by atoms with Crippen LogP contribution >= 0.6 is 11.6 Å². The lowest BCUT2D eigenvalue weighted by molar-refractivity contribution is -0.142. The van der Waals surface area contributed by atoms with Gasteiger partial charge in [-0.1, -0.05) is 16.8 Å². The molecule has 1 aromatic carbocycles. The molecule has 0 aliphatic carbocycles. The van der Waals surface area contributed by atoms with Crippen LogP contribution < -0.4 is 0 Å². The number of rotatable bonds is 5. The van der Waals surface area contributed by atoms with Crippen molar-refractivity contribution in [3.05, 3.63) is 35.2 Å². The number of hydrogen-bond donors (Lipinski definition) is 0. The Labute approximate surface area is 119 Å². The second kappa shape index (κ2) is 6.68. The number of esters is 1. The van der Waals surface area contributed by atoms with Gasteiger partial charge >= 0.3 is 5.97 Å². The molecular weight excluding hydrogens is 282 g/mol. The van der Waals surface area contributed by atoms with Crippen molar-refractivity contribution in [3.63, 3.8) is 0 Å². The molecule has 1 heterocycles. The van der Waals surface area contributed by atoms with Crippen molar-refractivity contribution in [2.75, 3.05) is 6.61 Å². The molecule has 0 amide bonds. The molecule has 0 aliphatic heterocycles. The molecular formula is C13H10ClN3O3. The van der Waals surface area contributed by atoms with Gasteiger partial charge in [0, 0.05) is 17.0 Å². The maximum Gasteiger partial charge on any atom is 0.307 e. The highest BCUT2D eigenvalue weighted by Crippen LogP contribution is 2.18. The molecule has 0 N–H and O–H groups in total. The van der Waals surface area contributed by atoms with Crippen LogP contribution in [0.15, 0.2) is 28.8 Å². The molecule has 0 spiro atoms. The van der Waals surface area contributed by atoms with Crippen LogP contribution in [0.5, 0.6) is 0 Å². The van der Waals surface area contributed by atoms with Gasteiger partial charge in [0.2, 0.25) is 11.7 Å². The second-order valence-corrected chi connectivity index (χ2v) is 4.27. The molecule has 102 valence electrons. The predicted octanol–water partition coefficient (Wildman–Crippen LogP) is 2.39. The summed E-state index contributed by atoms with van der Waals surface area (Å²) < 4.78 is 9.65. The van der Waals surface area contributed by atoms with E-state index in [9.17, 15) is 4.79 Å². The third kappa shape index (κ3) is 3.80. The third-order valence-electron chi connectivity index (χ3n) is 2.41. The summed E-state index contributed by atoms with van der Waals surface area (Å²) >= 11 is 5.79. The third-order valence-corrected chi connectivity index (χ3v) is 2.66. The van der Waals surface area contributed by atoms with E-state index in [1.807, 2.05) is 0 Å². The maximum atomic E-state index is 11.2. The lowest BCUT2D eigenvalue weighted by Crippen LogP contribution is -2.05. The fourth-order valence-corrected chi connectivity index (χ4v) is 1.59. The summed E-state index contributed by atoms with van der Waals surface area (Å²) in [6, 6.07) is 8.73. The van der Waals surface area contributed by atoms with E-state index < -0.39 is 5.97 Å². The fourth-order valence-electron chi connectivity index (χ4n) is 1.47. The minimum atomic E-state index is -0.474. The summed E-state index contributed by atoms with van der Waals surface area (Å²) in [5, 5.41) is 12.7. The highest BCUT2D eigenvalue weighted by atomic mass is 35.5. The average Bonchev–Trinajstić information content (AvgIpc) is 2.92. The lowest BCUT2D eigenvalue weighted by atomic mass is 10.2. The summed E-state index contributed by atoms with van der Waals surface area (Å²) in [6.45, 7) is -0.251. The number of aromatic nitrogens is 2. The van der Waals surface area contributed by atoms with Crippen molar-refractivity contribution in [2.45, 2.75) is 12.8 Å². The van der Waals surface area contributed by atoms with Crippen molar-refractivity contribution < 1.29 is 14.1 Å². The summed E-state index contributed by atoms with van der Waals surface area (Å²) in [5.74, 6) is 0.295. The number of nitriles is 1. The molecule has 0 fully saturated rings. The average molecular weight is 292 g/mol. The van der Waals surface area contributed by atoms with Gasteiger partial charge in [-0.2, -0.15) is 10.2 Å². The van der Waals surface area contributed by atoms with Crippen LogP contribution in [0.25, 0.3) is 11.4 Å². The first kappa shape index (κ1) is 14.0. The van der Waals surface area contributed by atoms with Gasteiger partial charge in [-0.05, 0) is 24.3 Å². The van der Waals surface area contributed by atoms with Crippen LogP contribution in [0, 0.1) is 11.3 Å². The molecule has 2 aromatic rings. The van der Waals surface area contributed by atoms with Gasteiger partial charge in [-0.15, -0.1) is 0 Å². The van der Waals surface area contributed by atoms with E-state index in [1.54, 1.807) is 30.3 Å². The quantitative estimate of drug-likeness (QED) is 0.786. The van der Waals surface area contributed by atoms with Crippen LogP contribution in [-0.4, -0.2) is 22.7 Å². The SMILES string of the molecule is N#CCOC(=O)CCc1nc(-c2ccc(Cl)cc2)no1. The number of halogens is 1. The van der Waals surface area contributed by atoms with E-state index in [4.69, 9.17) is 21.4 Å². The smallest absolute Gasteiger partial charge is 0.307 e. The second-order valence-electron chi connectivity index (χ2n) is 3.84. The van der Waals surface area contributed by atoms with Gasteiger partial charge in [0.05, 0.1) is 6.42 Å². The minimum absolute atomic E-state index is 0.0872. The van der Waals surface area contributed by atoms with Gasteiger partial charge in [0.1, 0.15) is 6.07 Å².